The second kappa shape index (κ2) is 9.74. The quantitative estimate of drug-likeness (QED) is 0.848. The van der Waals surface area contributed by atoms with Gasteiger partial charge in [-0.05, 0) is 30.5 Å². The van der Waals surface area contributed by atoms with Gasteiger partial charge in [0, 0.05) is 38.6 Å². The van der Waals surface area contributed by atoms with E-state index in [1.54, 1.807) is 0 Å². The third-order valence-electron chi connectivity index (χ3n) is 5.55. The molecular formula is C22H29N3O. The van der Waals surface area contributed by atoms with E-state index in [2.05, 4.69) is 33.8 Å². The third-order valence-corrected chi connectivity index (χ3v) is 5.55. The normalized spacial score (nSPS) is 20.8. The SMILES string of the molecule is N#Cc1cccc([C@H](C#CC2CCCCC2)N2CCN(CCO)CC2)c1. The Labute approximate surface area is 157 Å². The summed E-state index contributed by atoms with van der Waals surface area (Å²) in [5.41, 5.74) is 1.83. The molecule has 1 saturated heterocycles. The van der Waals surface area contributed by atoms with Gasteiger partial charge in [0.15, 0.2) is 0 Å². The lowest BCUT2D eigenvalue weighted by Gasteiger charge is -2.37. The summed E-state index contributed by atoms with van der Waals surface area (Å²) in [6.45, 7) is 4.77. The smallest absolute Gasteiger partial charge is 0.0991 e. The molecule has 2 fully saturated rings. The number of nitriles is 1. The number of β-amino-alcohol motifs (C(OH)–C–C–N with tert-alkyl or cyclic N) is 1. The van der Waals surface area contributed by atoms with Gasteiger partial charge in [0.25, 0.3) is 0 Å². The van der Waals surface area contributed by atoms with Crippen molar-refractivity contribution in [3.63, 3.8) is 0 Å². The molecule has 4 heteroatoms. The van der Waals surface area contributed by atoms with E-state index in [1.165, 1.54) is 32.1 Å². The predicted octanol–water partition coefficient (Wildman–Crippen LogP) is 2.79. The lowest BCUT2D eigenvalue weighted by Crippen LogP contribution is -2.48. The molecule has 0 aromatic heterocycles. The zero-order valence-electron chi connectivity index (χ0n) is 15.5. The van der Waals surface area contributed by atoms with E-state index in [1.807, 2.05) is 18.2 Å². The summed E-state index contributed by atoms with van der Waals surface area (Å²) in [5, 5.41) is 18.4. The topological polar surface area (TPSA) is 50.5 Å². The number of hydrogen-bond donors (Lipinski definition) is 1. The van der Waals surface area contributed by atoms with E-state index in [0.717, 1.165) is 38.3 Å². The van der Waals surface area contributed by atoms with Gasteiger partial charge < -0.3 is 5.11 Å². The van der Waals surface area contributed by atoms with Crippen molar-refractivity contribution >= 4 is 0 Å². The average molecular weight is 351 g/mol. The van der Waals surface area contributed by atoms with Crippen LogP contribution in [0, 0.1) is 29.1 Å². The zero-order valence-corrected chi connectivity index (χ0v) is 15.5. The van der Waals surface area contributed by atoms with Gasteiger partial charge >= 0.3 is 0 Å². The molecule has 1 aromatic rings. The lowest BCUT2D eigenvalue weighted by molar-refractivity contribution is 0.0986. The number of piperazine rings is 1. The van der Waals surface area contributed by atoms with Crippen LogP contribution < -0.4 is 0 Å². The highest BCUT2D eigenvalue weighted by Gasteiger charge is 2.24. The van der Waals surface area contributed by atoms with Gasteiger partial charge in [-0.2, -0.15) is 5.26 Å². The molecule has 1 heterocycles. The van der Waals surface area contributed by atoms with Crippen LogP contribution in [0.5, 0.6) is 0 Å². The van der Waals surface area contributed by atoms with E-state index >= 15 is 0 Å². The summed E-state index contributed by atoms with van der Waals surface area (Å²) in [5.74, 6) is 7.66. The number of nitrogens with zero attached hydrogens (tertiary/aromatic N) is 3. The summed E-state index contributed by atoms with van der Waals surface area (Å²) >= 11 is 0. The van der Waals surface area contributed by atoms with Crippen molar-refractivity contribution in [2.24, 2.45) is 5.92 Å². The van der Waals surface area contributed by atoms with Crippen molar-refractivity contribution in [3.8, 4) is 17.9 Å². The Hall–Kier alpha value is -1.85. The predicted molar refractivity (Wildman–Crippen MR) is 103 cm³/mol. The molecule has 0 unspecified atom stereocenters. The summed E-state index contributed by atoms with van der Waals surface area (Å²) in [6, 6.07) is 10.2. The molecule has 26 heavy (non-hydrogen) atoms. The molecule has 0 amide bonds. The van der Waals surface area contributed by atoms with Crippen molar-refractivity contribution in [3.05, 3.63) is 35.4 Å². The first-order valence-corrected chi connectivity index (χ1v) is 9.88. The van der Waals surface area contributed by atoms with E-state index in [0.29, 0.717) is 11.5 Å². The van der Waals surface area contributed by atoms with E-state index in [9.17, 15) is 5.26 Å². The minimum Gasteiger partial charge on any atom is -0.395 e. The Balaban J connectivity index is 1.77. The molecule has 0 spiro atoms. The van der Waals surface area contributed by atoms with Crippen LogP contribution in [0.4, 0.5) is 0 Å². The van der Waals surface area contributed by atoms with Gasteiger partial charge in [-0.15, -0.1) is 0 Å². The fourth-order valence-corrected chi connectivity index (χ4v) is 3.99. The minimum atomic E-state index is 0.0569. The second-order valence-corrected chi connectivity index (χ2v) is 7.36. The van der Waals surface area contributed by atoms with E-state index in [4.69, 9.17) is 5.11 Å². The van der Waals surface area contributed by atoms with Gasteiger partial charge in [-0.1, -0.05) is 43.2 Å². The summed E-state index contributed by atoms with van der Waals surface area (Å²) in [6.07, 6.45) is 6.39. The van der Waals surface area contributed by atoms with E-state index < -0.39 is 0 Å². The molecule has 1 N–H and O–H groups in total. The molecule has 4 nitrogen and oxygen atoms in total. The van der Waals surface area contributed by atoms with Crippen LogP contribution in [0.2, 0.25) is 0 Å². The van der Waals surface area contributed by atoms with Gasteiger partial charge in [-0.25, -0.2) is 0 Å². The number of aliphatic hydroxyl groups is 1. The Morgan fingerprint density at radius 1 is 1.12 bits per heavy atom. The van der Waals surface area contributed by atoms with Crippen LogP contribution >= 0.6 is 0 Å². The molecule has 0 bridgehead atoms. The van der Waals surface area contributed by atoms with Crippen LogP contribution in [0.25, 0.3) is 0 Å². The van der Waals surface area contributed by atoms with Crippen LogP contribution in [0.15, 0.2) is 24.3 Å². The van der Waals surface area contributed by atoms with Crippen molar-refractivity contribution in [1.29, 1.82) is 5.26 Å². The first-order chi connectivity index (χ1) is 12.8. The Morgan fingerprint density at radius 3 is 2.58 bits per heavy atom. The fraction of sp³-hybridized carbons (Fsp3) is 0.591. The highest BCUT2D eigenvalue weighted by molar-refractivity contribution is 5.37. The molecular weight excluding hydrogens is 322 g/mol. The minimum absolute atomic E-state index is 0.0569. The number of rotatable bonds is 4. The molecule has 138 valence electrons. The lowest BCUT2D eigenvalue weighted by atomic mass is 9.89. The molecule has 2 aliphatic rings. The maximum absolute atomic E-state index is 9.25. The average Bonchev–Trinajstić information content (AvgIpc) is 2.70. The Morgan fingerprint density at radius 2 is 1.88 bits per heavy atom. The second-order valence-electron chi connectivity index (χ2n) is 7.36. The molecule has 1 aromatic carbocycles. The Bertz CT molecular complexity index is 671. The number of aliphatic hydroxyl groups excluding tert-OH is 1. The van der Waals surface area contributed by atoms with Crippen LogP contribution in [0.3, 0.4) is 0 Å². The first-order valence-electron chi connectivity index (χ1n) is 9.88. The molecule has 1 aliphatic carbocycles. The summed E-state index contributed by atoms with van der Waals surface area (Å²) in [4.78, 5) is 4.73. The fourth-order valence-electron chi connectivity index (χ4n) is 3.99. The highest BCUT2D eigenvalue weighted by Crippen LogP contribution is 2.26. The highest BCUT2D eigenvalue weighted by atomic mass is 16.3. The van der Waals surface area contributed by atoms with Gasteiger partial charge in [0.05, 0.1) is 24.3 Å². The van der Waals surface area contributed by atoms with Crippen LogP contribution in [-0.4, -0.2) is 54.2 Å². The molecule has 1 aliphatic heterocycles. The monoisotopic (exact) mass is 351 g/mol. The van der Waals surface area contributed by atoms with Gasteiger partial charge in [0.2, 0.25) is 0 Å². The van der Waals surface area contributed by atoms with Crippen molar-refractivity contribution in [2.75, 3.05) is 39.3 Å². The maximum Gasteiger partial charge on any atom is 0.0991 e. The van der Waals surface area contributed by atoms with E-state index in [-0.39, 0.29) is 12.6 Å². The largest absolute Gasteiger partial charge is 0.395 e. The van der Waals surface area contributed by atoms with Gasteiger partial charge in [0.1, 0.15) is 0 Å². The molecule has 1 atom stereocenters. The number of hydrogen-bond acceptors (Lipinski definition) is 4. The molecule has 3 rings (SSSR count). The van der Waals surface area contributed by atoms with Crippen molar-refractivity contribution in [2.45, 2.75) is 38.1 Å². The maximum atomic E-state index is 9.25. The zero-order chi connectivity index (χ0) is 18.2. The first kappa shape index (κ1) is 18.9. The van der Waals surface area contributed by atoms with Gasteiger partial charge in [-0.3, -0.25) is 9.80 Å². The van der Waals surface area contributed by atoms with Crippen molar-refractivity contribution in [1.82, 2.24) is 9.80 Å². The third kappa shape index (κ3) is 5.08. The number of benzene rings is 1. The summed E-state index contributed by atoms with van der Waals surface area (Å²) in [7, 11) is 0. The van der Waals surface area contributed by atoms with Crippen molar-refractivity contribution < 1.29 is 5.11 Å². The molecule has 1 saturated carbocycles. The standard InChI is InChI=1S/C22H29N3O/c23-18-20-7-4-8-21(17-20)22(10-9-19-5-2-1-3-6-19)25-13-11-24(12-14-25)15-16-26/h4,7-8,17,19,22,26H,1-3,5-6,11-16H2/t22-/m0/s1. The summed E-state index contributed by atoms with van der Waals surface area (Å²) < 4.78 is 0. The van der Waals surface area contributed by atoms with Crippen LogP contribution in [-0.2, 0) is 0 Å². The van der Waals surface area contributed by atoms with Crippen LogP contribution in [0.1, 0.15) is 49.3 Å². The molecule has 0 radical (unpaired) electrons. The Kier molecular flexibility index (Phi) is 7.09.